The lowest BCUT2D eigenvalue weighted by Crippen LogP contribution is -2.30. The SMILES string of the molecule is C=CCN(CC=C)c1cc(C)n(C)c(=O)c1C=O. The Labute approximate surface area is 107 Å². The molecule has 96 valence electrons. The van der Waals surface area contributed by atoms with Crippen molar-refractivity contribution >= 4 is 12.0 Å². The van der Waals surface area contributed by atoms with Gasteiger partial charge in [-0.25, -0.2) is 0 Å². The molecule has 0 saturated carbocycles. The van der Waals surface area contributed by atoms with Gasteiger partial charge in [-0.05, 0) is 13.0 Å². The Balaban J connectivity index is 3.45. The predicted octanol–water partition coefficient (Wildman–Crippen LogP) is 1.68. The maximum atomic E-state index is 12.0. The molecule has 0 aliphatic heterocycles. The average molecular weight is 246 g/mol. The fourth-order valence-electron chi connectivity index (χ4n) is 1.78. The summed E-state index contributed by atoms with van der Waals surface area (Å²) in [5, 5.41) is 0. The molecule has 0 atom stereocenters. The molecule has 0 spiro atoms. The van der Waals surface area contributed by atoms with Gasteiger partial charge in [0.25, 0.3) is 5.56 Å². The summed E-state index contributed by atoms with van der Waals surface area (Å²) in [6.07, 6.45) is 4.06. The fourth-order valence-corrected chi connectivity index (χ4v) is 1.78. The molecule has 0 radical (unpaired) electrons. The van der Waals surface area contributed by atoms with Crippen molar-refractivity contribution in [3.63, 3.8) is 0 Å². The van der Waals surface area contributed by atoms with Gasteiger partial charge in [0, 0.05) is 25.8 Å². The number of nitrogens with zero attached hydrogens (tertiary/aromatic N) is 2. The van der Waals surface area contributed by atoms with Gasteiger partial charge in [0.15, 0.2) is 6.29 Å². The number of carbonyl (C=O) groups excluding carboxylic acids is 1. The number of carbonyl (C=O) groups is 1. The van der Waals surface area contributed by atoms with Crippen molar-refractivity contribution in [1.82, 2.24) is 4.57 Å². The lowest BCUT2D eigenvalue weighted by molar-refractivity contribution is 0.112. The summed E-state index contributed by atoms with van der Waals surface area (Å²) in [4.78, 5) is 25.0. The second kappa shape index (κ2) is 6.00. The lowest BCUT2D eigenvalue weighted by atomic mass is 10.2. The van der Waals surface area contributed by atoms with E-state index in [1.807, 2.05) is 17.9 Å². The van der Waals surface area contributed by atoms with Gasteiger partial charge in [-0.15, -0.1) is 13.2 Å². The zero-order chi connectivity index (χ0) is 13.7. The largest absolute Gasteiger partial charge is 0.363 e. The summed E-state index contributed by atoms with van der Waals surface area (Å²) >= 11 is 0. The van der Waals surface area contributed by atoms with Gasteiger partial charge in [-0.1, -0.05) is 12.2 Å². The number of aryl methyl sites for hydroxylation is 1. The molecule has 18 heavy (non-hydrogen) atoms. The van der Waals surface area contributed by atoms with Crippen LogP contribution in [0, 0.1) is 6.92 Å². The Bertz CT molecular complexity index is 519. The van der Waals surface area contributed by atoms with Crippen LogP contribution >= 0.6 is 0 Å². The molecule has 0 fully saturated rings. The van der Waals surface area contributed by atoms with Gasteiger partial charge in [0.2, 0.25) is 0 Å². The highest BCUT2D eigenvalue weighted by Gasteiger charge is 2.14. The van der Waals surface area contributed by atoms with Gasteiger partial charge < -0.3 is 9.47 Å². The van der Waals surface area contributed by atoms with Gasteiger partial charge in [-0.2, -0.15) is 0 Å². The third-order valence-electron chi connectivity index (χ3n) is 2.84. The molecule has 1 aromatic heterocycles. The third-order valence-corrected chi connectivity index (χ3v) is 2.84. The van der Waals surface area contributed by atoms with E-state index in [1.54, 1.807) is 19.2 Å². The zero-order valence-corrected chi connectivity index (χ0v) is 10.8. The normalized spacial score (nSPS) is 9.89. The first-order valence-corrected chi connectivity index (χ1v) is 5.69. The molecule has 0 N–H and O–H groups in total. The molecule has 4 nitrogen and oxygen atoms in total. The number of aldehydes is 1. The monoisotopic (exact) mass is 246 g/mol. The standard InChI is InChI=1S/C14H18N2O2/c1-5-7-16(8-6-2)13-9-11(3)15(4)14(18)12(13)10-17/h5-6,9-10H,1-2,7-8H2,3-4H3. The molecular weight excluding hydrogens is 228 g/mol. The molecule has 0 aromatic carbocycles. The quantitative estimate of drug-likeness (QED) is 0.566. The topological polar surface area (TPSA) is 42.3 Å². The highest BCUT2D eigenvalue weighted by molar-refractivity contribution is 5.84. The smallest absolute Gasteiger partial charge is 0.263 e. The molecule has 0 unspecified atom stereocenters. The Morgan fingerprint density at radius 3 is 2.33 bits per heavy atom. The molecule has 0 amide bonds. The summed E-state index contributed by atoms with van der Waals surface area (Å²) in [5.74, 6) is 0. The van der Waals surface area contributed by atoms with Crippen molar-refractivity contribution < 1.29 is 4.79 Å². The van der Waals surface area contributed by atoms with Crippen LogP contribution in [0.1, 0.15) is 16.1 Å². The van der Waals surface area contributed by atoms with Crippen LogP contribution in [0.2, 0.25) is 0 Å². The summed E-state index contributed by atoms with van der Waals surface area (Å²) in [6, 6.07) is 1.83. The van der Waals surface area contributed by atoms with Crippen LogP contribution in [0.3, 0.4) is 0 Å². The van der Waals surface area contributed by atoms with E-state index in [4.69, 9.17) is 0 Å². The zero-order valence-electron chi connectivity index (χ0n) is 10.8. The molecule has 0 aliphatic rings. The Kier molecular flexibility index (Phi) is 4.66. The summed E-state index contributed by atoms with van der Waals surface area (Å²) in [6.45, 7) is 10.3. The van der Waals surface area contributed by atoms with E-state index in [9.17, 15) is 9.59 Å². The van der Waals surface area contributed by atoms with Crippen LogP contribution < -0.4 is 10.5 Å². The maximum absolute atomic E-state index is 12.0. The average Bonchev–Trinajstić information content (AvgIpc) is 2.35. The van der Waals surface area contributed by atoms with Crippen LogP contribution in [-0.4, -0.2) is 23.9 Å². The number of pyridine rings is 1. The number of hydrogen-bond acceptors (Lipinski definition) is 3. The molecule has 1 rings (SSSR count). The van der Waals surface area contributed by atoms with E-state index in [1.165, 1.54) is 4.57 Å². The van der Waals surface area contributed by atoms with Crippen molar-refractivity contribution in [3.05, 3.63) is 53.0 Å². The van der Waals surface area contributed by atoms with Gasteiger partial charge in [0.1, 0.15) is 5.56 Å². The molecule has 1 heterocycles. The van der Waals surface area contributed by atoms with E-state index in [-0.39, 0.29) is 11.1 Å². The van der Waals surface area contributed by atoms with Crippen molar-refractivity contribution in [2.45, 2.75) is 6.92 Å². The lowest BCUT2D eigenvalue weighted by Gasteiger charge is -2.24. The third kappa shape index (κ3) is 2.59. The first-order chi connectivity index (χ1) is 8.56. The van der Waals surface area contributed by atoms with Crippen LogP contribution in [-0.2, 0) is 7.05 Å². The molecule has 4 heteroatoms. The van der Waals surface area contributed by atoms with E-state index < -0.39 is 0 Å². The fraction of sp³-hybridized carbons (Fsp3) is 0.286. The minimum Gasteiger partial charge on any atom is -0.363 e. The second-order valence-electron chi connectivity index (χ2n) is 4.05. The van der Waals surface area contributed by atoms with Crippen molar-refractivity contribution in [3.8, 4) is 0 Å². The second-order valence-corrected chi connectivity index (χ2v) is 4.05. The Morgan fingerprint density at radius 2 is 1.89 bits per heavy atom. The molecule has 0 bridgehead atoms. The number of aromatic nitrogens is 1. The summed E-state index contributed by atoms with van der Waals surface area (Å²) < 4.78 is 1.47. The van der Waals surface area contributed by atoms with Crippen molar-refractivity contribution in [2.24, 2.45) is 7.05 Å². The van der Waals surface area contributed by atoms with Crippen LogP contribution in [0.4, 0.5) is 5.69 Å². The summed E-state index contributed by atoms with van der Waals surface area (Å²) in [7, 11) is 1.65. The highest BCUT2D eigenvalue weighted by atomic mass is 16.1. The predicted molar refractivity (Wildman–Crippen MR) is 74.4 cm³/mol. The van der Waals surface area contributed by atoms with E-state index in [0.29, 0.717) is 25.1 Å². The Morgan fingerprint density at radius 1 is 1.33 bits per heavy atom. The van der Waals surface area contributed by atoms with Gasteiger partial charge in [-0.3, -0.25) is 9.59 Å². The summed E-state index contributed by atoms with van der Waals surface area (Å²) in [5.41, 5.74) is 1.33. The molecule has 1 aromatic rings. The number of rotatable bonds is 6. The molecule has 0 aliphatic carbocycles. The van der Waals surface area contributed by atoms with Gasteiger partial charge >= 0.3 is 0 Å². The van der Waals surface area contributed by atoms with Crippen molar-refractivity contribution in [1.29, 1.82) is 0 Å². The first kappa shape index (κ1) is 14.0. The number of hydrogen-bond donors (Lipinski definition) is 0. The molecule has 0 saturated heterocycles. The molecular formula is C14H18N2O2. The van der Waals surface area contributed by atoms with E-state index >= 15 is 0 Å². The minimum atomic E-state index is -0.280. The van der Waals surface area contributed by atoms with Crippen molar-refractivity contribution in [2.75, 3.05) is 18.0 Å². The first-order valence-electron chi connectivity index (χ1n) is 5.69. The number of anilines is 1. The van der Waals surface area contributed by atoms with Crippen LogP contribution in [0.15, 0.2) is 36.2 Å². The maximum Gasteiger partial charge on any atom is 0.263 e. The van der Waals surface area contributed by atoms with Crippen LogP contribution in [0.25, 0.3) is 0 Å². The van der Waals surface area contributed by atoms with Crippen LogP contribution in [0.5, 0.6) is 0 Å². The van der Waals surface area contributed by atoms with E-state index in [2.05, 4.69) is 13.2 Å². The van der Waals surface area contributed by atoms with E-state index in [0.717, 1.165) is 5.69 Å². The van der Waals surface area contributed by atoms with Gasteiger partial charge in [0.05, 0.1) is 5.69 Å². The highest BCUT2D eigenvalue weighted by Crippen LogP contribution is 2.17. The minimum absolute atomic E-state index is 0.173. The Hall–Kier alpha value is -2.10.